The van der Waals surface area contributed by atoms with Gasteiger partial charge in [-0.2, -0.15) is 0 Å². The molecule has 0 fully saturated rings. The molecule has 11 nitrogen and oxygen atoms in total. The van der Waals surface area contributed by atoms with E-state index in [1.807, 2.05) is 0 Å². The van der Waals surface area contributed by atoms with Crippen molar-refractivity contribution < 1.29 is 29.0 Å². The Hall–Kier alpha value is -4.15. The van der Waals surface area contributed by atoms with Gasteiger partial charge in [0.15, 0.2) is 0 Å². The number of hydrogen-bond acceptors (Lipinski definition) is 8. The van der Waals surface area contributed by atoms with Crippen LogP contribution in [0, 0.1) is 20.2 Å². The molecule has 0 bridgehead atoms. The molecule has 0 aliphatic carbocycles. The highest BCUT2D eigenvalue weighted by atomic mass is 16.6. The van der Waals surface area contributed by atoms with Crippen molar-refractivity contribution in [1.29, 1.82) is 0 Å². The average Bonchev–Trinajstić information content (AvgIpc) is 2.92. The molecule has 0 N–H and O–H groups in total. The smallest absolute Gasteiger partial charge is 0.338 e. The van der Waals surface area contributed by atoms with Gasteiger partial charge in [0.1, 0.15) is 6.61 Å². The second-order valence-corrected chi connectivity index (χ2v) is 5.70. The van der Waals surface area contributed by atoms with Gasteiger partial charge in [-0.1, -0.05) is 12.1 Å². The van der Waals surface area contributed by atoms with Gasteiger partial charge in [0, 0.05) is 12.1 Å². The molecule has 0 radical (unpaired) electrons. The predicted octanol–water partition coefficient (Wildman–Crippen LogP) is 1.96. The molecule has 1 aliphatic rings. The van der Waals surface area contributed by atoms with Gasteiger partial charge in [-0.3, -0.25) is 34.7 Å². The van der Waals surface area contributed by atoms with E-state index < -0.39 is 39.0 Å². The van der Waals surface area contributed by atoms with E-state index in [1.165, 1.54) is 12.1 Å². The number of nitro benzene ring substituents is 2. The summed E-state index contributed by atoms with van der Waals surface area (Å²) in [5.41, 5.74) is -1.17. The molecule has 3 rings (SSSR count). The number of hydrogen-bond donors (Lipinski definition) is 0. The molecule has 0 atom stereocenters. The van der Waals surface area contributed by atoms with Crippen LogP contribution < -0.4 is 0 Å². The van der Waals surface area contributed by atoms with Crippen LogP contribution in [-0.4, -0.2) is 45.7 Å². The normalized spacial score (nSPS) is 12.6. The van der Waals surface area contributed by atoms with Crippen LogP contribution in [0.2, 0.25) is 0 Å². The molecule has 2 amide bonds. The number of carbonyl (C=O) groups is 3. The fraction of sp³-hybridized carbons (Fsp3) is 0.118. The molecule has 0 saturated heterocycles. The lowest BCUT2D eigenvalue weighted by Gasteiger charge is -2.13. The van der Waals surface area contributed by atoms with Crippen molar-refractivity contribution in [3.63, 3.8) is 0 Å². The highest BCUT2D eigenvalue weighted by Crippen LogP contribution is 2.24. The van der Waals surface area contributed by atoms with Crippen LogP contribution in [0.25, 0.3) is 0 Å². The molecule has 2 aromatic rings. The van der Waals surface area contributed by atoms with Crippen LogP contribution in [0.5, 0.6) is 0 Å². The summed E-state index contributed by atoms with van der Waals surface area (Å²) >= 11 is 0. The molecule has 11 heteroatoms. The van der Waals surface area contributed by atoms with Crippen molar-refractivity contribution in [2.45, 2.75) is 0 Å². The Bertz CT molecular complexity index is 966. The molecular formula is C17H11N3O8. The number of esters is 1. The number of rotatable bonds is 6. The van der Waals surface area contributed by atoms with Crippen LogP contribution in [-0.2, 0) is 4.74 Å². The summed E-state index contributed by atoms with van der Waals surface area (Å²) in [5, 5.41) is 21.7. The lowest BCUT2D eigenvalue weighted by atomic mass is 10.1. The van der Waals surface area contributed by atoms with Crippen molar-refractivity contribution in [1.82, 2.24) is 4.90 Å². The number of non-ortho nitro benzene ring substituents is 2. The Kier molecular flexibility index (Phi) is 4.81. The van der Waals surface area contributed by atoms with Crippen LogP contribution in [0.15, 0.2) is 42.5 Å². The zero-order chi connectivity index (χ0) is 20.4. The maximum Gasteiger partial charge on any atom is 0.338 e. The summed E-state index contributed by atoms with van der Waals surface area (Å²) in [4.78, 5) is 57.4. The summed E-state index contributed by atoms with van der Waals surface area (Å²) in [6.45, 7) is -0.601. The highest BCUT2D eigenvalue weighted by Gasteiger charge is 2.35. The van der Waals surface area contributed by atoms with Crippen LogP contribution in [0.4, 0.5) is 11.4 Å². The van der Waals surface area contributed by atoms with Crippen LogP contribution in [0.3, 0.4) is 0 Å². The fourth-order valence-corrected chi connectivity index (χ4v) is 2.68. The lowest BCUT2D eigenvalue weighted by Crippen LogP contribution is -2.33. The number of imide groups is 1. The Morgan fingerprint density at radius 3 is 1.89 bits per heavy atom. The molecular weight excluding hydrogens is 374 g/mol. The second-order valence-electron chi connectivity index (χ2n) is 5.70. The molecule has 0 saturated carbocycles. The molecule has 142 valence electrons. The second kappa shape index (κ2) is 7.23. The van der Waals surface area contributed by atoms with Crippen LogP contribution in [0.1, 0.15) is 31.1 Å². The Morgan fingerprint density at radius 1 is 0.929 bits per heavy atom. The first-order valence-electron chi connectivity index (χ1n) is 7.86. The van der Waals surface area contributed by atoms with Crippen molar-refractivity contribution in [3.05, 3.63) is 79.4 Å². The quantitative estimate of drug-likeness (QED) is 0.317. The van der Waals surface area contributed by atoms with Gasteiger partial charge >= 0.3 is 5.97 Å². The minimum atomic E-state index is -1.05. The lowest BCUT2D eigenvalue weighted by molar-refractivity contribution is -0.394. The summed E-state index contributed by atoms with van der Waals surface area (Å²) in [5.74, 6) is -2.10. The third-order valence-corrected chi connectivity index (χ3v) is 3.99. The fourth-order valence-electron chi connectivity index (χ4n) is 2.68. The largest absolute Gasteiger partial charge is 0.460 e. The number of benzene rings is 2. The first-order valence-corrected chi connectivity index (χ1v) is 7.86. The zero-order valence-corrected chi connectivity index (χ0v) is 14.1. The monoisotopic (exact) mass is 385 g/mol. The molecule has 1 aliphatic heterocycles. The van der Waals surface area contributed by atoms with E-state index in [0.29, 0.717) is 0 Å². The van der Waals surface area contributed by atoms with E-state index in [1.54, 1.807) is 12.1 Å². The van der Waals surface area contributed by atoms with Gasteiger partial charge in [-0.25, -0.2) is 4.79 Å². The van der Waals surface area contributed by atoms with E-state index in [-0.39, 0.29) is 29.8 Å². The number of ether oxygens (including phenoxy) is 1. The van der Waals surface area contributed by atoms with Crippen molar-refractivity contribution >= 4 is 29.2 Å². The molecule has 1 heterocycles. The Labute approximate surface area is 156 Å². The number of carbonyl (C=O) groups excluding carboxylic acids is 3. The number of nitro groups is 2. The van der Waals surface area contributed by atoms with Crippen LogP contribution >= 0.6 is 0 Å². The van der Waals surface area contributed by atoms with E-state index >= 15 is 0 Å². The number of fused-ring (bicyclic) bond motifs is 1. The van der Waals surface area contributed by atoms with Gasteiger partial charge in [-0.15, -0.1) is 0 Å². The van der Waals surface area contributed by atoms with Gasteiger partial charge < -0.3 is 4.74 Å². The van der Waals surface area contributed by atoms with Gasteiger partial charge in [0.2, 0.25) is 0 Å². The Morgan fingerprint density at radius 2 is 1.43 bits per heavy atom. The summed E-state index contributed by atoms with van der Waals surface area (Å²) in [6, 6.07) is 8.64. The maximum absolute atomic E-state index is 12.2. The summed E-state index contributed by atoms with van der Waals surface area (Å²) in [6.07, 6.45) is 0. The molecule has 2 aromatic carbocycles. The van der Waals surface area contributed by atoms with E-state index in [2.05, 4.69) is 0 Å². The molecule has 0 aromatic heterocycles. The average molecular weight is 385 g/mol. The number of nitrogens with zero attached hydrogens (tertiary/aromatic N) is 3. The van der Waals surface area contributed by atoms with Gasteiger partial charge in [0.05, 0.1) is 39.1 Å². The van der Waals surface area contributed by atoms with Gasteiger partial charge in [0.25, 0.3) is 23.2 Å². The summed E-state index contributed by atoms with van der Waals surface area (Å²) in [7, 11) is 0. The maximum atomic E-state index is 12.2. The molecule has 0 unspecified atom stereocenters. The van der Waals surface area contributed by atoms with Gasteiger partial charge in [-0.05, 0) is 12.1 Å². The Balaban J connectivity index is 1.69. The zero-order valence-electron chi connectivity index (χ0n) is 14.1. The van der Waals surface area contributed by atoms with E-state index in [4.69, 9.17) is 4.74 Å². The third kappa shape index (κ3) is 3.40. The van der Waals surface area contributed by atoms with Crippen molar-refractivity contribution in [2.24, 2.45) is 0 Å². The summed E-state index contributed by atoms with van der Waals surface area (Å²) < 4.78 is 4.92. The first kappa shape index (κ1) is 18.6. The minimum Gasteiger partial charge on any atom is -0.460 e. The predicted molar refractivity (Wildman–Crippen MR) is 91.8 cm³/mol. The van der Waals surface area contributed by atoms with E-state index in [0.717, 1.165) is 23.1 Å². The topological polar surface area (TPSA) is 150 Å². The molecule has 28 heavy (non-hydrogen) atoms. The molecule has 0 spiro atoms. The number of amides is 2. The first-order chi connectivity index (χ1) is 13.3. The SMILES string of the molecule is O=C(OCCN1C(=O)c2ccccc2C1=O)c1cc([N+](=O)[O-])cc([N+](=O)[O-])c1. The highest BCUT2D eigenvalue weighted by molar-refractivity contribution is 6.21. The standard InChI is InChI=1S/C17H11N3O8/c21-15-13-3-1-2-4-14(13)16(22)18(15)5-6-28-17(23)10-7-11(19(24)25)9-12(8-10)20(26)27/h1-4,7-9H,5-6H2. The van der Waals surface area contributed by atoms with Crippen molar-refractivity contribution in [3.8, 4) is 0 Å². The van der Waals surface area contributed by atoms with Crippen molar-refractivity contribution in [2.75, 3.05) is 13.2 Å². The van der Waals surface area contributed by atoms with E-state index in [9.17, 15) is 34.6 Å². The third-order valence-electron chi connectivity index (χ3n) is 3.99. The minimum absolute atomic E-state index is 0.227.